The number of hydrogen-bond acceptors (Lipinski definition) is 8. The van der Waals surface area contributed by atoms with Crippen molar-refractivity contribution in [3.05, 3.63) is 81.1 Å². The Bertz CT molecular complexity index is 1620. The van der Waals surface area contributed by atoms with E-state index < -0.39 is 23.9 Å². The summed E-state index contributed by atoms with van der Waals surface area (Å²) < 4.78 is 31.5. The number of carbonyl (C=O) groups is 2. The SMILES string of the molecule is COc1cnc(Cl)cc1-c1cc(C2CC2)ncc1C(=O)Nc1nc2c(s1)CN(C(=O)c1cccc(C(F)F)n1)C2. The molecule has 1 saturated carbocycles. The molecule has 0 aromatic carbocycles. The fourth-order valence-corrected chi connectivity index (χ4v) is 5.66. The number of hydrogen-bond donors (Lipinski definition) is 1. The average molecular weight is 583 g/mol. The molecule has 40 heavy (non-hydrogen) atoms. The maximum absolute atomic E-state index is 13.5. The van der Waals surface area contributed by atoms with Crippen LogP contribution in [0.5, 0.6) is 5.75 Å². The van der Waals surface area contributed by atoms with Gasteiger partial charge in [0.15, 0.2) is 5.13 Å². The Kier molecular flexibility index (Phi) is 6.88. The lowest BCUT2D eigenvalue weighted by Gasteiger charge is -2.15. The largest absolute Gasteiger partial charge is 0.494 e. The van der Waals surface area contributed by atoms with Crippen LogP contribution in [0.1, 0.15) is 68.0 Å². The molecule has 13 heteroatoms. The first kappa shape index (κ1) is 26.2. The van der Waals surface area contributed by atoms with Crippen LogP contribution in [0.4, 0.5) is 13.9 Å². The van der Waals surface area contributed by atoms with Crippen molar-refractivity contribution in [1.82, 2.24) is 24.8 Å². The summed E-state index contributed by atoms with van der Waals surface area (Å²) in [7, 11) is 1.52. The third kappa shape index (κ3) is 5.11. The van der Waals surface area contributed by atoms with Crippen LogP contribution < -0.4 is 10.1 Å². The van der Waals surface area contributed by atoms with Gasteiger partial charge in [0.1, 0.15) is 22.3 Å². The Morgan fingerprint density at radius 1 is 1.12 bits per heavy atom. The number of methoxy groups -OCH3 is 1. The molecule has 1 aliphatic heterocycles. The fourth-order valence-electron chi connectivity index (χ4n) is 4.52. The highest BCUT2D eigenvalue weighted by Crippen LogP contribution is 2.42. The van der Waals surface area contributed by atoms with E-state index in [1.807, 2.05) is 6.07 Å². The Balaban J connectivity index is 1.22. The monoisotopic (exact) mass is 582 g/mol. The molecule has 4 aromatic rings. The second-order valence-corrected chi connectivity index (χ2v) is 10.9. The smallest absolute Gasteiger partial charge is 0.280 e. The molecule has 0 spiro atoms. The molecule has 4 aromatic heterocycles. The van der Waals surface area contributed by atoms with E-state index in [1.165, 1.54) is 47.7 Å². The molecule has 0 unspecified atom stereocenters. The summed E-state index contributed by atoms with van der Waals surface area (Å²) in [4.78, 5) is 45.5. The molecule has 0 bridgehead atoms. The van der Waals surface area contributed by atoms with Gasteiger partial charge in [-0.2, -0.15) is 0 Å². The summed E-state index contributed by atoms with van der Waals surface area (Å²) >= 11 is 7.43. The number of fused-ring (bicyclic) bond motifs is 1. The molecule has 0 atom stereocenters. The number of carbonyl (C=O) groups excluding carboxylic acids is 2. The van der Waals surface area contributed by atoms with Gasteiger partial charge in [0.05, 0.1) is 42.5 Å². The van der Waals surface area contributed by atoms with Gasteiger partial charge in [-0.15, -0.1) is 0 Å². The van der Waals surface area contributed by atoms with Crippen molar-refractivity contribution in [2.45, 2.75) is 38.3 Å². The van der Waals surface area contributed by atoms with Crippen molar-refractivity contribution in [1.29, 1.82) is 0 Å². The molecule has 2 aliphatic rings. The first-order chi connectivity index (χ1) is 19.3. The number of halogens is 3. The van der Waals surface area contributed by atoms with Crippen molar-refractivity contribution in [2.75, 3.05) is 12.4 Å². The van der Waals surface area contributed by atoms with Gasteiger partial charge in [-0.25, -0.2) is 23.7 Å². The van der Waals surface area contributed by atoms with Gasteiger partial charge >= 0.3 is 0 Å². The molecular formula is C27H21ClF2N6O3S. The van der Waals surface area contributed by atoms with Crippen LogP contribution >= 0.6 is 22.9 Å². The van der Waals surface area contributed by atoms with Crippen LogP contribution in [-0.2, 0) is 13.1 Å². The van der Waals surface area contributed by atoms with Crippen LogP contribution in [0, 0.1) is 0 Å². The summed E-state index contributed by atoms with van der Waals surface area (Å²) in [6, 6.07) is 7.51. The number of nitrogens with one attached hydrogen (secondary N) is 1. The van der Waals surface area contributed by atoms with Crippen LogP contribution in [0.2, 0.25) is 5.15 Å². The van der Waals surface area contributed by atoms with E-state index in [-0.39, 0.29) is 23.9 Å². The minimum atomic E-state index is -2.77. The van der Waals surface area contributed by atoms with Gasteiger partial charge in [-0.05, 0) is 37.1 Å². The third-order valence-corrected chi connectivity index (χ3v) is 7.89. The van der Waals surface area contributed by atoms with E-state index in [0.717, 1.165) is 23.4 Å². The number of thiazole rings is 1. The zero-order valence-corrected chi connectivity index (χ0v) is 22.6. The molecule has 1 N–H and O–H groups in total. The molecular weight excluding hydrogens is 562 g/mol. The number of ether oxygens (including phenoxy) is 1. The summed E-state index contributed by atoms with van der Waals surface area (Å²) in [5.74, 6) is -0.0410. The highest BCUT2D eigenvalue weighted by molar-refractivity contribution is 7.16. The van der Waals surface area contributed by atoms with Crippen LogP contribution in [0.25, 0.3) is 11.1 Å². The zero-order chi connectivity index (χ0) is 28.0. The van der Waals surface area contributed by atoms with Gasteiger partial charge in [-0.1, -0.05) is 29.0 Å². The molecule has 5 heterocycles. The fraction of sp³-hybridized carbons (Fsp3) is 0.259. The van der Waals surface area contributed by atoms with Crippen LogP contribution in [0.3, 0.4) is 0 Å². The number of amides is 2. The van der Waals surface area contributed by atoms with E-state index in [0.29, 0.717) is 39.2 Å². The standard InChI is InChI=1S/C27H21ClF2N6O3S/c1-39-21-10-32-23(28)8-15(21)14-7-19(13-5-6-13)31-9-16(14)25(37)35-27-34-20-11-36(12-22(20)40-27)26(38)18-4-2-3-17(33-18)24(29)30/h2-4,7-10,13,24H,5-6,11-12H2,1H3,(H,34,35,37). The lowest BCUT2D eigenvalue weighted by atomic mass is 9.99. The molecule has 0 saturated heterocycles. The predicted molar refractivity (Wildman–Crippen MR) is 144 cm³/mol. The summed E-state index contributed by atoms with van der Waals surface area (Å²) in [6.07, 6.45) is 2.38. The minimum absolute atomic E-state index is 0.0530. The second-order valence-electron chi connectivity index (χ2n) is 9.39. The quantitative estimate of drug-likeness (QED) is 0.271. The average Bonchev–Trinajstić information content (AvgIpc) is 3.64. The zero-order valence-electron chi connectivity index (χ0n) is 21.0. The van der Waals surface area contributed by atoms with E-state index >= 15 is 0 Å². The molecule has 204 valence electrons. The van der Waals surface area contributed by atoms with Crippen LogP contribution in [0.15, 0.2) is 42.7 Å². The lowest BCUT2D eigenvalue weighted by Crippen LogP contribution is -2.26. The van der Waals surface area contributed by atoms with E-state index in [1.54, 1.807) is 12.3 Å². The van der Waals surface area contributed by atoms with Gasteiger partial charge in [-0.3, -0.25) is 19.9 Å². The summed E-state index contributed by atoms with van der Waals surface area (Å²) in [6.45, 7) is 0.411. The summed E-state index contributed by atoms with van der Waals surface area (Å²) in [5.41, 5.74) is 2.59. The first-order valence-electron chi connectivity index (χ1n) is 12.3. The molecule has 9 nitrogen and oxygen atoms in total. The molecule has 1 aliphatic carbocycles. The van der Waals surface area contributed by atoms with Crippen molar-refractivity contribution >= 4 is 39.9 Å². The third-order valence-electron chi connectivity index (χ3n) is 6.68. The van der Waals surface area contributed by atoms with Crippen molar-refractivity contribution < 1.29 is 23.1 Å². The Morgan fingerprint density at radius 2 is 1.95 bits per heavy atom. The molecule has 2 amide bonds. The van der Waals surface area contributed by atoms with E-state index in [2.05, 4.69) is 25.3 Å². The number of pyridine rings is 3. The second kappa shape index (κ2) is 10.5. The van der Waals surface area contributed by atoms with Gasteiger partial charge < -0.3 is 9.64 Å². The maximum Gasteiger partial charge on any atom is 0.280 e. The minimum Gasteiger partial charge on any atom is -0.494 e. The number of alkyl halides is 2. The van der Waals surface area contributed by atoms with Crippen molar-refractivity contribution in [3.63, 3.8) is 0 Å². The number of anilines is 1. The highest BCUT2D eigenvalue weighted by Gasteiger charge is 2.31. The predicted octanol–water partition coefficient (Wildman–Crippen LogP) is 5.88. The van der Waals surface area contributed by atoms with Gasteiger partial charge in [0.25, 0.3) is 18.2 Å². The highest BCUT2D eigenvalue weighted by atomic mass is 35.5. The lowest BCUT2D eigenvalue weighted by molar-refractivity contribution is 0.0743. The normalized spacial score (nSPS) is 14.4. The van der Waals surface area contributed by atoms with Crippen molar-refractivity contribution in [2.24, 2.45) is 0 Å². The topological polar surface area (TPSA) is 110 Å². The van der Waals surface area contributed by atoms with Gasteiger partial charge in [0.2, 0.25) is 0 Å². The number of rotatable bonds is 7. The number of nitrogens with zero attached hydrogens (tertiary/aromatic N) is 5. The van der Waals surface area contributed by atoms with E-state index in [4.69, 9.17) is 16.3 Å². The van der Waals surface area contributed by atoms with Crippen LogP contribution in [-0.4, -0.2) is 43.8 Å². The molecule has 6 rings (SSSR count). The molecule has 1 fully saturated rings. The van der Waals surface area contributed by atoms with E-state index in [9.17, 15) is 18.4 Å². The number of aromatic nitrogens is 4. The van der Waals surface area contributed by atoms with Gasteiger partial charge in [0, 0.05) is 28.9 Å². The Hall–Kier alpha value is -4.03. The molecule has 0 radical (unpaired) electrons. The Labute approximate surface area is 236 Å². The Morgan fingerprint density at radius 3 is 2.67 bits per heavy atom. The maximum atomic E-state index is 13.5. The summed E-state index contributed by atoms with van der Waals surface area (Å²) in [5, 5.41) is 3.48. The first-order valence-corrected chi connectivity index (χ1v) is 13.5. The van der Waals surface area contributed by atoms with Crippen molar-refractivity contribution in [3.8, 4) is 16.9 Å².